The Morgan fingerprint density at radius 1 is 1.56 bits per heavy atom. The van der Waals surface area contributed by atoms with Gasteiger partial charge in [-0.25, -0.2) is 9.97 Å². The van der Waals surface area contributed by atoms with Crippen LogP contribution in [0.3, 0.4) is 0 Å². The molecule has 6 heteroatoms. The van der Waals surface area contributed by atoms with Crippen molar-refractivity contribution in [3.8, 4) is 0 Å². The van der Waals surface area contributed by atoms with Crippen molar-refractivity contribution in [1.82, 2.24) is 9.97 Å². The van der Waals surface area contributed by atoms with E-state index >= 15 is 0 Å². The molecule has 1 unspecified atom stereocenters. The molecule has 1 aliphatic rings. The lowest BCUT2D eigenvalue weighted by Gasteiger charge is -2.32. The Bertz CT molecular complexity index is 334. The second kappa shape index (κ2) is 6.23. The fraction of sp³-hybridized carbons (Fsp3) is 0.600. The van der Waals surface area contributed by atoms with E-state index in [1.54, 1.807) is 6.20 Å². The quantitative estimate of drug-likeness (QED) is 0.825. The summed E-state index contributed by atoms with van der Waals surface area (Å²) in [5, 5.41) is 0.308. The number of rotatable bonds is 2. The van der Waals surface area contributed by atoms with Gasteiger partial charge in [-0.1, -0.05) is 0 Å². The van der Waals surface area contributed by atoms with Gasteiger partial charge in [-0.15, -0.1) is 12.4 Å². The minimum absolute atomic E-state index is 0. The standard InChI is InChI=1S/C10H15ClN4.ClH/c11-10-13-4-3-9(14-10)15-5-1-2-8(6-12)7-15;/h3-4,8H,1-2,5-7,12H2;1H. The molecule has 1 atom stereocenters. The number of aromatic nitrogens is 2. The van der Waals surface area contributed by atoms with Gasteiger partial charge in [-0.2, -0.15) is 0 Å². The number of nitrogens with two attached hydrogens (primary N) is 1. The molecule has 2 N–H and O–H groups in total. The summed E-state index contributed by atoms with van der Waals surface area (Å²) in [7, 11) is 0. The summed E-state index contributed by atoms with van der Waals surface area (Å²) in [6.45, 7) is 2.75. The second-order valence-electron chi connectivity index (χ2n) is 3.87. The third-order valence-electron chi connectivity index (χ3n) is 2.79. The topological polar surface area (TPSA) is 55.0 Å². The number of nitrogens with zero attached hydrogens (tertiary/aromatic N) is 3. The van der Waals surface area contributed by atoms with Crippen molar-refractivity contribution in [2.75, 3.05) is 24.5 Å². The van der Waals surface area contributed by atoms with Crippen LogP contribution in [0.15, 0.2) is 12.3 Å². The van der Waals surface area contributed by atoms with Gasteiger partial charge in [0.1, 0.15) is 5.82 Å². The zero-order valence-electron chi connectivity index (χ0n) is 8.97. The fourth-order valence-corrected chi connectivity index (χ4v) is 2.11. The summed E-state index contributed by atoms with van der Waals surface area (Å²) in [6, 6.07) is 1.89. The maximum Gasteiger partial charge on any atom is 0.224 e. The van der Waals surface area contributed by atoms with Crippen LogP contribution < -0.4 is 10.6 Å². The Balaban J connectivity index is 0.00000128. The molecule has 0 bridgehead atoms. The lowest BCUT2D eigenvalue weighted by atomic mass is 9.98. The van der Waals surface area contributed by atoms with Crippen LogP contribution in [0.5, 0.6) is 0 Å². The van der Waals surface area contributed by atoms with Gasteiger partial charge in [0.25, 0.3) is 0 Å². The van der Waals surface area contributed by atoms with Crippen molar-refractivity contribution in [2.24, 2.45) is 11.7 Å². The zero-order valence-corrected chi connectivity index (χ0v) is 10.5. The van der Waals surface area contributed by atoms with E-state index in [0.29, 0.717) is 11.2 Å². The summed E-state index contributed by atoms with van der Waals surface area (Å²) in [5.74, 6) is 1.49. The van der Waals surface area contributed by atoms with E-state index in [0.717, 1.165) is 25.5 Å². The highest BCUT2D eigenvalue weighted by molar-refractivity contribution is 6.28. The summed E-state index contributed by atoms with van der Waals surface area (Å²) in [4.78, 5) is 10.3. The SMILES string of the molecule is Cl.NCC1CCCN(c2ccnc(Cl)n2)C1. The molecule has 90 valence electrons. The predicted octanol–water partition coefficient (Wildman–Crippen LogP) is 1.73. The van der Waals surface area contributed by atoms with E-state index in [1.165, 1.54) is 12.8 Å². The van der Waals surface area contributed by atoms with E-state index in [2.05, 4.69) is 14.9 Å². The van der Waals surface area contributed by atoms with E-state index in [-0.39, 0.29) is 12.4 Å². The van der Waals surface area contributed by atoms with Crippen LogP contribution in [-0.4, -0.2) is 29.6 Å². The first-order valence-electron chi connectivity index (χ1n) is 5.23. The van der Waals surface area contributed by atoms with Crippen molar-refractivity contribution < 1.29 is 0 Å². The Morgan fingerprint density at radius 2 is 2.38 bits per heavy atom. The number of anilines is 1. The van der Waals surface area contributed by atoms with Gasteiger partial charge in [0.15, 0.2) is 0 Å². The van der Waals surface area contributed by atoms with Crippen LogP contribution in [0.2, 0.25) is 5.28 Å². The van der Waals surface area contributed by atoms with Crippen molar-refractivity contribution >= 4 is 29.8 Å². The largest absolute Gasteiger partial charge is 0.356 e. The molecule has 0 aliphatic carbocycles. The van der Waals surface area contributed by atoms with Crippen LogP contribution in [-0.2, 0) is 0 Å². The molecule has 1 fully saturated rings. The molecule has 0 aromatic carbocycles. The number of hydrogen-bond donors (Lipinski definition) is 1. The highest BCUT2D eigenvalue weighted by Gasteiger charge is 2.19. The summed E-state index contributed by atoms with van der Waals surface area (Å²) < 4.78 is 0. The Labute approximate surface area is 107 Å². The average molecular weight is 263 g/mol. The lowest BCUT2D eigenvalue weighted by Crippen LogP contribution is -2.38. The third kappa shape index (κ3) is 3.20. The monoisotopic (exact) mass is 262 g/mol. The molecule has 1 aliphatic heterocycles. The van der Waals surface area contributed by atoms with Crippen molar-refractivity contribution in [3.05, 3.63) is 17.5 Å². The lowest BCUT2D eigenvalue weighted by molar-refractivity contribution is 0.421. The van der Waals surface area contributed by atoms with E-state index < -0.39 is 0 Å². The maximum atomic E-state index is 5.76. The normalized spacial score (nSPS) is 20.4. The smallest absolute Gasteiger partial charge is 0.224 e. The molecule has 2 rings (SSSR count). The number of piperidine rings is 1. The molecule has 0 amide bonds. The van der Waals surface area contributed by atoms with E-state index in [4.69, 9.17) is 17.3 Å². The first-order valence-corrected chi connectivity index (χ1v) is 5.61. The van der Waals surface area contributed by atoms with Gasteiger partial charge in [-0.05, 0) is 43.0 Å². The van der Waals surface area contributed by atoms with Gasteiger partial charge in [0.05, 0.1) is 0 Å². The molecule has 16 heavy (non-hydrogen) atoms. The van der Waals surface area contributed by atoms with Crippen LogP contribution >= 0.6 is 24.0 Å². The highest BCUT2D eigenvalue weighted by atomic mass is 35.5. The van der Waals surface area contributed by atoms with Crippen LogP contribution in [0.1, 0.15) is 12.8 Å². The molecular weight excluding hydrogens is 247 g/mol. The minimum atomic E-state index is 0. The van der Waals surface area contributed by atoms with Gasteiger partial charge in [-0.3, -0.25) is 0 Å². The average Bonchev–Trinajstić information content (AvgIpc) is 2.29. The third-order valence-corrected chi connectivity index (χ3v) is 2.97. The van der Waals surface area contributed by atoms with E-state index in [9.17, 15) is 0 Å². The molecule has 4 nitrogen and oxygen atoms in total. The van der Waals surface area contributed by atoms with Gasteiger partial charge in [0.2, 0.25) is 5.28 Å². The Kier molecular flexibility index (Phi) is 5.25. The van der Waals surface area contributed by atoms with Crippen LogP contribution in [0.4, 0.5) is 5.82 Å². The van der Waals surface area contributed by atoms with Crippen molar-refractivity contribution in [2.45, 2.75) is 12.8 Å². The van der Waals surface area contributed by atoms with Crippen molar-refractivity contribution in [3.63, 3.8) is 0 Å². The first-order chi connectivity index (χ1) is 7.29. The number of hydrogen-bond acceptors (Lipinski definition) is 4. The van der Waals surface area contributed by atoms with Gasteiger partial charge >= 0.3 is 0 Å². The molecular formula is C10H16Cl2N4. The minimum Gasteiger partial charge on any atom is -0.356 e. The zero-order chi connectivity index (χ0) is 10.7. The summed E-state index contributed by atoms with van der Waals surface area (Å²) in [6.07, 6.45) is 4.08. The van der Waals surface area contributed by atoms with E-state index in [1.807, 2.05) is 6.07 Å². The fourth-order valence-electron chi connectivity index (χ4n) is 1.97. The first kappa shape index (κ1) is 13.5. The molecule has 1 saturated heterocycles. The summed E-state index contributed by atoms with van der Waals surface area (Å²) in [5.41, 5.74) is 5.69. The van der Waals surface area contributed by atoms with Crippen molar-refractivity contribution in [1.29, 1.82) is 0 Å². The Hall–Kier alpha value is -0.580. The van der Waals surface area contributed by atoms with Gasteiger partial charge in [0, 0.05) is 19.3 Å². The molecule has 0 radical (unpaired) electrons. The molecule has 2 heterocycles. The molecule has 0 spiro atoms. The predicted molar refractivity (Wildman–Crippen MR) is 68.3 cm³/mol. The second-order valence-corrected chi connectivity index (χ2v) is 4.21. The highest BCUT2D eigenvalue weighted by Crippen LogP contribution is 2.21. The van der Waals surface area contributed by atoms with Gasteiger partial charge < -0.3 is 10.6 Å². The van der Waals surface area contributed by atoms with Crippen LogP contribution in [0, 0.1) is 5.92 Å². The van der Waals surface area contributed by atoms with Crippen LogP contribution in [0.25, 0.3) is 0 Å². The molecule has 0 saturated carbocycles. The summed E-state index contributed by atoms with van der Waals surface area (Å²) >= 11 is 5.76. The number of halogens is 2. The maximum absolute atomic E-state index is 5.76. The molecule has 1 aromatic rings. The molecule has 1 aromatic heterocycles. The Morgan fingerprint density at radius 3 is 3.06 bits per heavy atom.